The van der Waals surface area contributed by atoms with Crippen LogP contribution < -0.4 is 5.73 Å². The second-order valence-corrected chi connectivity index (χ2v) is 4.90. The molecule has 106 valence electrons. The first-order chi connectivity index (χ1) is 9.06. The van der Waals surface area contributed by atoms with Crippen molar-refractivity contribution in [3.8, 4) is 0 Å². The van der Waals surface area contributed by atoms with Crippen molar-refractivity contribution in [3.63, 3.8) is 0 Å². The van der Waals surface area contributed by atoms with Gasteiger partial charge in [-0.25, -0.2) is 4.99 Å². The van der Waals surface area contributed by atoms with E-state index >= 15 is 0 Å². The highest BCUT2D eigenvalue weighted by molar-refractivity contribution is 5.77. The molecule has 19 heavy (non-hydrogen) atoms. The molecular formula is C15H26N4. The lowest BCUT2D eigenvalue weighted by molar-refractivity contribution is 0.402. The van der Waals surface area contributed by atoms with Crippen molar-refractivity contribution in [1.29, 1.82) is 0 Å². The Kier molecular flexibility index (Phi) is 6.36. The van der Waals surface area contributed by atoms with E-state index in [0.29, 0.717) is 12.5 Å². The van der Waals surface area contributed by atoms with E-state index in [2.05, 4.69) is 67.0 Å². The van der Waals surface area contributed by atoms with Gasteiger partial charge in [0.25, 0.3) is 0 Å². The normalized spacial score (nSPS) is 11.9. The van der Waals surface area contributed by atoms with E-state index in [1.54, 1.807) is 0 Å². The summed E-state index contributed by atoms with van der Waals surface area (Å²) < 4.78 is 0. The van der Waals surface area contributed by atoms with E-state index in [1.165, 1.54) is 11.1 Å². The number of guanidine groups is 1. The van der Waals surface area contributed by atoms with Gasteiger partial charge in [-0.05, 0) is 39.1 Å². The Morgan fingerprint density at radius 2 is 1.58 bits per heavy atom. The predicted molar refractivity (Wildman–Crippen MR) is 82.1 cm³/mol. The summed E-state index contributed by atoms with van der Waals surface area (Å²) in [5, 5.41) is 0. The van der Waals surface area contributed by atoms with Gasteiger partial charge >= 0.3 is 0 Å². The molecule has 0 unspecified atom stereocenters. The SMILES string of the molecule is CCN(CC)C(N)=NCc1ccc(CN(C)C)cc1. The molecule has 4 nitrogen and oxygen atoms in total. The summed E-state index contributed by atoms with van der Waals surface area (Å²) in [6.07, 6.45) is 0. The lowest BCUT2D eigenvalue weighted by atomic mass is 10.1. The third-order valence-electron chi connectivity index (χ3n) is 3.03. The molecule has 0 aromatic heterocycles. The average molecular weight is 262 g/mol. The van der Waals surface area contributed by atoms with Crippen LogP contribution in [0.25, 0.3) is 0 Å². The number of nitrogens with two attached hydrogens (primary N) is 1. The molecule has 0 aliphatic heterocycles. The van der Waals surface area contributed by atoms with Gasteiger partial charge in [0.15, 0.2) is 5.96 Å². The molecule has 4 heteroatoms. The fourth-order valence-corrected chi connectivity index (χ4v) is 1.94. The molecule has 0 spiro atoms. The highest BCUT2D eigenvalue weighted by atomic mass is 15.2. The highest BCUT2D eigenvalue weighted by Gasteiger charge is 2.02. The summed E-state index contributed by atoms with van der Waals surface area (Å²) in [4.78, 5) is 8.65. The molecule has 0 aliphatic carbocycles. The van der Waals surface area contributed by atoms with Gasteiger partial charge in [-0.2, -0.15) is 0 Å². The number of hydrogen-bond donors (Lipinski definition) is 1. The van der Waals surface area contributed by atoms with Crippen LogP contribution in [-0.2, 0) is 13.1 Å². The molecule has 0 radical (unpaired) electrons. The third kappa shape index (κ3) is 5.30. The Balaban J connectivity index is 2.60. The number of benzene rings is 1. The van der Waals surface area contributed by atoms with Crippen LogP contribution in [0.5, 0.6) is 0 Å². The first-order valence-electron chi connectivity index (χ1n) is 6.84. The van der Waals surface area contributed by atoms with Crippen LogP contribution in [-0.4, -0.2) is 42.9 Å². The van der Waals surface area contributed by atoms with Crippen LogP contribution in [0.4, 0.5) is 0 Å². The van der Waals surface area contributed by atoms with Crippen molar-refractivity contribution in [2.75, 3.05) is 27.2 Å². The van der Waals surface area contributed by atoms with Gasteiger partial charge in [-0.1, -0.05) is 24.3 Å². The smallest absolute Gasteiger partial charge is 0.191 e. The molecule has 1 rings (SSSR count). The molecule has 1 aromatic rings. The zero-order valence-electron chi connectivity index (χ0n) is 12.6. The minimum Gasteiger partial charge on any atom is -0.370 e. The summed E-state index contributed by atoms with van der Waals surface area (Å²) in [7, 11) is 4.14. The van der Waals surface area contributed by atoms with Gasteiger partial charge in [0.1, 0.15) is 0 Å². The highest BCUT2D eigenvalue weighted by Crippen LogP contribution is 2.07. The van der Waals surface area contributed by atoms with Gasteiger partial charge in [-0.15, -0.1) is 0 Å². The van der Waals surface area contributed by atoms with Crippen LogP contribution in [0.3, 0.4) is 0 Å². The maximum absolute atomic E-state index is 5.95. The Bertz CT molecular complexity index is 391. The minimum atomic E-state index is 0.627. The van der Waals surface area contributed by atoms with Crippen LogP contribution in [0.2, 0.25) is 0 Å². The van der Waals surface area contributed by atoms with E-state index < -0.39 is 0 Å². The fourth-order valence-electron chi connectivity index (χ4n) is 1.94. The molecule has 0 bridgehead atoms. The van der Waals surface area contributed by atoms with Crippen molar-refractivity contribution in [3.05, 3.63) is 35.4 Å². The lowest BCUT2D eigenvalue weighted by Crippen LogP contribution is -2.37. The summed E-state index contributed by atoms with van der Waals surface area (Å²) in [5.41, 5.74) is 8.46. The fraction of sp³-hybridized carbons (Fsp3) is 0.533. The average Bonchev–Trinajstić information content (AvgIpc) is 2.38. The monoisotopic (exact) mass is 262 g/mol. The maximum Gasteiger partial charge on any atom is 0.191 e. The molecule has 2 N–H and O–H groups in total. The summed E-state index contributed by atoms with van der Waals surface area (Å²) in [5.74, 6) is 0.627. The van der Waals surface area contributed by atoms with Crippen LogP contribution in [0.15, 0.2) is 29.3 Å². The van der Waals surface area contributed by atoms with Crippen molar-refractivity contribution >= 4 is 5.96 Å². The number of hydrogen-bond acceptors (Lipinski definition) is 2. The van der Waals surface area contributed by atoms with E-state index in [0.717, 1.165) is 19.6 Å². The van der Waals surface area contributed by atoms with Crippen LogP contribution >= 0.6 is 0 Å². The molecule has 0 atom stereocenters. The van der Waals surface area contributed by atoms with Gasteiger partial charge in [0.2, 0.25) is 0 Å². The molecular weight excluding hydrogens is 236 g/mol. The molecule has 0 heterocycles. The maximum atomic E-state index is 5.95. The van der Waals surface area contributed by atoms with E-state index in [9.17, 15) is 0 Å². The minimum absolute atomic E-state index is 0.627. The molecule has 1 aromatic carbocycles. The Morgan fingerprint density at radius 3 is 2.05 bits per heavy atom. The first kappa shape index (κ1) is 15.5. The van der Waals surface area contributed by atoms with Crippen molar-refractivity contribution < 1.29 is 0 Å². The zero-order valence-corrected chi connectivity index (χ0v) is 12.6. The largest absolute Gasteiger partial charge is 0.370 e. The van der Waals surface area contributed by atoms with E-state index in [1.807, 2.05) is 0 Å². The molecule has 0 aliphatic rings. The quantitative estimate of drug-likeness (QED) is 0.629. The summed E-state index contributed by atoms with van der Waals surface area (Å²) >= 11 is 0. The number of nitrogens with zero attached hydrogens (tertiary/aromatic N) is 3. The summed E-state index contributed by atoms with van der Waals surface area (Å²) in [6, 6.07) is 8.55. The topological polar surface area (TPSA) is 44.9 Å². The van der Waals surface area contributed by atoms with E-state index in [-0.39, 0.29) is 0 Å². The Morgan fingerprint density at radius 1 is 1.05 bits per heavy atom. The van der Waals surface area contributed by atoms with Crippen molar-refractivity contribution in [1.82, 2.24) is 9.80 Å². The van der Waals surface area contributed by atoms with Gasteiger partial charge in [0.05, 0.1) is 6.54 Å². The Hall–Kier alpha value is -1.55. The van der Waals surface area contributed by atoms with Crippen LogP contribution in [0.1, 0.15) is 25.0 Å². The van der Waals surface area contributed by atoms with Crippen molar-refractivity contribution in [2.45, 2.75) is 26.9 Å². The number of aliphatic imine (C=N–C) groups is 1. The first-order valence-corrected chi connectivity index (χ1v) is 6.84. The number of rotatable bonds is 6. The molecule has 0 fully saturated rings. The molecule has 0 amide bonds. The second kappa shape index (κ2) is 7.79. The standard InChI is InChI=1S/C15H26N4/c1-5-19(6-2)15(16)17-11-13-7-9-14(10-8-13)12-18(3)4/h7-10H,5-6,11-12H2,1-4H3,(H2,16,17). The van der Waals surface area contributed by atoms with Crippen LogP contribution in [0, 0.1) is 0 Å². The van der Waals surface area contributed by atoms with Crippen molar-refractivity contribution in [2.24, 2.45) is 10.7 Å². The van der Waals surface area contributed by atoms with Gasteiger partial charge in [0, 0.05) is 19.6 Å². The van der Waals surface area contributed by atoms with Gasteiger partial charge < -0.3 is 15.5 Å². The van der Waals surface area contributed by atoms with E-state index in [4.69, 9.17) is 5.73 Å². The van der Waals surface area contributed by atoms with Gasteiger partial charge in [-0.3, -0.25) is 0 Å². The lowest BCUT2D eigenvalue weighted by Gasteiger charge is -2.19. The zero-order chi connectivity index (χ0) is 14.3. The Labute approximate surface area is 116 Å². The second-order valence-electron chi connectivity index (χ2n) is 4.90. The predicted octanol–water partition coefficient (Wildman–Crippen LogP) is 1.90. The third-order valence-corrected chi connectivity index (χ3v) is 3.03. The molecule has 0 saturated heterocycles. The summed E-state index contributed by atoms with van der Waals surface area (Å²) in [6.45, 7) is 7.57. The molecule has 0 saturated carbocycles.